The lowest BCUT2D eigenvalue weighted by molar-refractivity contribution is 0.493. The fourth-order valence-electron chi connectivity index (χ4n) is 2.29. The van der Waals surface area contributed by atoms with Crippen LogP contribution in [0, 0.1) is 0 Å². The Labute approximate surface area is 98.8 Å². The van der Waals surface area contributed by atoms with Crippen LogP contribution in [0.15, 0.2) is 24.3 Å². The molecule has 2 rings (SSSR count). The van der Waals surface area contributed by atoms with E-state index < -0.39 is 0 Å². The van der Waals surface area contributed by atoms with E-state index in [1.54, 1.807) is 0 Å². The van der Waals surface area contributed by atoms with Crippen LogP contribution in [-0.4, -0.2) is 4.83 Å². The van der Waals surface area contributed by atoms with Crippen molar-refractivity contribution >= 4 is 27.5 Å². The van der Waals surface area contributed by atoms with E-state index in [0.717, 1.165) is 5.02 Å². The summed E-state index contributed by atoms with van der Waals surface area (Å²) < 4.78 is 0. The Morgan fingerprint density at radius 1 is 1.50 bits per heavy atom. The SMILES string of the molecule is CC1(c2cccc(Cl)c2)CCC(Br)C1. The number of halogens is 2. The molecule has 2 unspecified atom stereocenters. The van der Waals surface area contributed by atoms with Crippen molar-refractivity contribution in [3.8, 4) is 0 Å². The second-order valence-electron chi connectivity index (χ2n) is 4.41. The highest BCUT2D eigenvalue weighted by atomic mass is 79.9. The van der Waals surface area contributed by atoms with Gasteiger partial charge in [-0.05, 0) is 42.4 Å². The maximum absolute atomic E-state index is 6.01. The Morgan fingerprint density at radius 3 is 2.86 bits per heavy atom. The highest BCUT2D eigenvalue weighted by Gasteiger charge is 2.35. The third-order valence-electron chi connectivity index (χ3n) is 3.20. The van der Waals surface area contributed by atoms with Crippen LogP contribution in [0.3, 0.4) is 0 Å². The van der Waals surface area contributed by atoms with E-state index in [9.17, 15) is 0 Å². The normalized spacial score (nSPS) is 32.1. The quantitative estimate of drug-likeness (QED) is 0.659. The molecule has 1 aromatic carbocycles. The molecule has 1 saturated carbocycles. The first-order valence-corrected chi connectivity index (χ1v) is 6.30. The molecule has 0 bridgehead atoms. The number of hydrogen-bond acceptors (Lipinski definition) is 0. The van der Waals surface area contributed by atoms with Crippen molar-refractivity contribution in [2.45, 2.75) is 36.4 Å². The van der Waals surface area contributed by atoms with Gasteiger partial charge in [0.05, 0.1) is 0 Å². The molecule has 1 fully saturated rings. The van der Waals surface area contributed by atoms with Gasteiger partial charge in [-0.1, -0.05) is 46.6 Å². The minimum atomic E-state index is 0.319. The monoisotopic (exact) mass is 272 g/mol. The Kier molecular flexibility index (Phi) is 2.90. The molecule has 0 heterocycles. The molecule has 14 heavy (non-hydrogen) atoms. The zero-order valence-electron chi connectivity index (χ0n) is 8.26. The molecule has 76 valence electrons. The molecule has 1 aliphatic carbocycles. The van der Waals surface area contributed by atoms with Crippen LogP contribution in [-0.2, 0) is 5.41 Å². The molecule has 0 N–H and O–H groups in total. The Hall–Kier alpha value is -0.0100. The minimum absolute atomic E-state index is 0.319. The average molecular weight is 274 g/mol. The molecular weight excluding hydrogens is 259 g/mol. The Bertz CT molecular complexity index is 337. The van der Waals surface area contributed by atoms with E-state index in [0.29, 0.717) is 10.2 Å². The van der Waals surface area contributed by atoms with Gasteiger partial charge < -0.3 is 0 Å². The Balaban J connectivity index is 2.30. The van der Waals surface area contributed by atoms with Gasteiger partial charge in [-0.2, -0.15) is 0 Å². The predicted octanol–water partition coefficient (Wildman–Crippen LogP) is 4.55. The van der Waals surface area contributed by atoms with Gasteiger partial charge in [0.2, 0.25) is 0 Å². The highest BCUT2D eigenvalue weighted by molar-refractivity contribution is 9.09. The molecule has 0 aromatic heterocycles. The van der Waals surface area contributed by atoms with Crippen LogP contribution in [0.1, 0.15) is 31.7 Å². The lowest BCUT2D eigenvalue weighted by Crippen LogP contribution is -2.17. The average Bonchev–Trinajstić information content (AvgIpc) is 2.48. The Morgan fingerprint density at radius 2 is 2.29 bits per heavy atom. The van der Waals surface area contributed by atoms with Crippen molar-refractivity contribution in [2.75, 3.05) is 0 Å². The van der Waals surface area contributed by atoms with Crippen molar-refractivity contribution < 1.29 is 0 Å². The van der Waals surface area contributed by atoms with Crippen molar-refractivity contribution in [3.63, 3.8) is 0 Å². The van der Waals surface area contributed by atoms with Crippen LogP contribution >= 0.6 is 27.5 Å². The summed E-state index contributed by atoms with van der Waals surface area (Å²) in [6.07, 6.45) is 3.74. The maximum atomic E-state index is 6.01. The van der Waals surface area contributed by atoms with Crippen LogP contribution < -0.4 is 0 Å². The molecule has 1 aliphatic rings. The smallest absolute Gasteiger partial charge is 0.0408 e. The second kappa shape index (κ2) is 3.86. The van der Waals surface area contributed by atoms with Gasteiger partial charge in [0, 0.05) is 9.85 Å². The van der Waals surface area contributed by atoms with Crippen molar-refractivity contribution in [2.24, 2.45) is 0 Å². The van der Waals surface area contributed by atoms with Crippen LogP contribution in [0.25, 0.3) is 0 Å². The molecule has 0 nitrogen and oxygen atoms in total. The van der Waals surface area contributed by atoms with Gasteiger partial charge in [-0.3, -0.25) is 0 Å². The summed E-state index contributed by atoms with van der Waals surface area (Å²) in [6, 6.07) is 8.28. The molecule has 0 spiro atoms. The van der Waals surface area contributed by atoms with E-state index in [4.69, 9.17) is 11.6 Å². The zero-order valence-corrected chi connectivity index (χ0v) is 10.6. The number of alkyl halides is 1. The topological polar surface area (TPSA) is 0 Å². The molecular formula is C12H14BrCl. The molecule has 0 aliphatic heterocycles. The summed E-state index contributed by atoms with van der Waals surface area (Å²) in [6.45, 7) is 2.33. The molecule has 2 atom stereocenters. The van der Waals surface area contributed by atoms with E-state index in [2.05, 4.69) is 35.0 Å². The van der Waals surface area contributed by atoms with Crippen LogP contribution in [0.4, 0.5) is 0 Å². The minimum Gasteiger partial charge on any atom is -0.0890 e. The summed E-state index contributed by atoms with van der Waals surface area (Å²) in [4.78, 5) is 0.673. The van der Waals surface area contributed by atoms with Gasteiger partial charge in [-0.25, -0.2) is 0 Å². The van der Waals surface area contributed by atoms with E-state index in [-0.39, 0.29) is 0 Å². The highest BCUT2D eigenvalue weighted by Crippen LogP contribution is 2.43. The fourth-order valence-corrected chi connectivity index (χ4v) is 3.43. The standard InChI is InChI=1S/C12H14BrCl/c1-12(6-5-10(13)8-12)9-3-2-4-11(14)7-9/h2-4,7,10H,5-6,8H2,1H3. The van der Waals surface area contributed by atoms with Gasteiger partial charge in [0.25, 0.3) is 0 Å². The third kappa shape index (κ3) is 1.99. The largest absolute Gasteiger partial charge is 0.0890 e. The first-order valence-electron chi connectivity index (χ1n) is 5.00. The summed E-state index contributed by atoms with van der Waals surface area (Å²) in [5, 5.41) is 0.849. The predicted molar refractivity (Wildman–Crippen MR) is 65.4 cm³/mol. The third-order valence-corrected chi connectivity index (χ3v) is 4.22. The lowest BCUT2D eigenvalue weighted by atomic mass is 9.81. The summed E-state index contributed by atoms with van der Waals surface area (Å²) in [5.41, 5.74) is 1.70. The summed E-state index contributed by atoms with van der Waals surface area (Å²) >= 11 is 9.71. The van der Waals surface area contributed by atoms with Gasteiger partial charge in [0.1, 0.15) is 0 Å². The molecule has 0 radical (unpaired) electrons. The van der Waals surface area contributed by atoms with Crippen molar-refractivity contribution in [1.82, 2.24) is 0 Å². The molecule has 0 amide bonds. The van der Waals surface area contributed by atoms with Gasteiger partial charge in [-0.15, -0.1) is 0 Å². The number of rotatable bonds is 1. The molecule has 0 saturated heterocycles. The maximum Gasteiger partial charge on any atom is 0.0408 e. The summed E-state index contributed by atoms with van der Waals surface area (Å²) in [7, 11) is 0. The first-order chi connectivity index (χ1) is 6.60. The van der Waals surface area contributed by atoms with Crippen LogP contribution in [0.5, 0.6) is 0 Å². The van der Waals surface area contributed by atoms with E-state index in [1.807, 2.05) is 12.1 Å². The zero-order chi connectivity index (χ0) is 10.2. The number of hydrogen-bond donors (Lipinski definition) is 0. The van der Waals surface area contributed by atoms with Crippen molar-refractivity contribution in [1.29, 1.82) is 0 Å². The number of benzene rings is 1. The second-order valence-corrected chi connectivity index (χ2v) is 6.14. The van der Waals surface area contributed by atoms with Gasteiger partial charge in [0.15, 0.2) is 0 Å². The molecule has 2 heteroatoms. The van der Waals surface area contributed by atoms with E-state index >= 15 is 0 Å². The van der Waals surface area contributed by atoms with Gasteiger partial charge >= 0.3 is 0 Å². The lowest BCUT2D eigenvalue weighted by Gasteiger charge is -2.24. The van der Waals surface area contributed by atoms with Crippen molar-refractivity contribution in [3.05, 3.63) is 34.9 Å². The van der Waals surface area contributed by atoms with Crippen LogP contribution in [0.2, 0.25) is 5.02 Å². The summed E-state index contributed by atoms with van der Waals surface area (Å²) in [5.74, 6) is 0. The molecule has 1 aromatic rings. The first kappa shape index (κ1) is 10.5. The van der Waals surface area contributed by atoms with E-state index in [1.165, 1.54) is 24.8 Å². The fraction of sp³-hybridized carbons (Fsp3) is 0.500.